The maximum Gasteiger partial charge on any atom is 1.00 e. The summed E-state index contributed by atoms with van der Waals surface area (Å²) in [4.78, 5) is 11.7. The molecule has 0 unspecified atom stereocenters. The van der Waals surface area contributed by atoms with Crippen LogP contribution in [0.2, 0.25) is 0 Å². The Balaban J connectivity index is 0.00000144. The number of nitrogens with zero attached hydrogens (tertiary/aromatic N) is 2. The van der Waals surface area contributed by atoms with Gasteiger partial charge in [-0.25, -0.2) is 0 Å². The van der Waals surface area contributed by atoms with Crippen molar-refractivity contribution in [3.05, 3.63) is 58.4 Å². The standard InChI is InChI=1S/C12H8N2OS.Na/c13-8-9-6-7-11(15)14(12(9)16)10-4-2-1-3-5-10;/h1-7,16H;/q;+1/p-1. The Morgan fingerprint density at radius 2 is 1.76 bits per heavy atom. The van der Waals surface area contributed by atoms with Gasteiger partial charge in [0.25, 0.3) is 5.56 Å². The second-order valence-electron chi connectivity index (χ2n) is 3.17. The molecule has 0 radical (unpaired) electrons. The van der Waals surface area contributed by atoms with E-state index < -0.39 is 0 Å². The van der Waals surface area contributed by atoms with Gasteiger partial charge < -0.3 is 17.2 Å². The minimum Gasteiger partial charge on any atom is -0.760 e. The summed E-state index contributed by atoms with van der Waals surface area (Å²) in [6.07, 6.45) is 0. The second kappa shape index (κ2) is 5.99. The molecule has 5 heteroatoms. The molecular formula is C12H7N2NaOS. The first-order valence-corrected chi connectivity index (χ1v) is 5.03. The van der Waals surface area contributed by atoms with Crippen molar-refractivity contribution in [2.45, 2.75) is 5.03 Å². The Kier molecular flexibility index (Phi) is 4.91. The van der Waals surface area contributed by atoms with E-state index >= 15 is 0 Å². The first-order valence-electron chi connectivity index (χ1n) is 4.62. The molecular weight excluding hydrogens is 243 g/mol. The molecule has 0 saturated heterocycles. The zero-order valence-electron chi connectivity index (χ0n) is 9.25. The van der Waals surface area contributed by atoms with Crippen LogP contribution in [0.1, 0.15) is 5.56 Å². The van der Waals surface area contributed by atoms with Gasteiger partial charge in [0.05, 0.1) is 6.07 Å². The molecule has 0 atom stereocenters. The van der Waals surface area contributed by atoms with Crippen LogP contribution in [-0.4, -0.2) is 4.57 Å². The van der Waals surface area contributed by atoms with Gasteiger partial charge in [-0.1, -0.05) is 23.2 Å². The fourth-order valence-corrected chi connectivity index (χ4v) is 1.74. The molecule has 1 aromatic carbocycles. The summed E-state index contributed by atoms with van der Waals surface area (Å²) < 4.78 is 1.36. The third-order valence-electron chi connectivity index (χ3n) is 2.18. The summed E-state index contributed by atoms with van der Waals surface area (Å²) in [5.41, 5.74) is 0.781. The molecule has 3 nitrogen and oxygen atoms in total. The van der Waals surface area contributed by atoms with Gasteiger partial charge in [0, 0.05) is 17.3 Å². The predicted octanol–water partition coefficient (Wildman–Crippen LogP) is -1.38. The molecule has 0 amide bonds. The van der Waals surface area contributed by atoms with Gasteiger partial charge in [0.1, 0.15) is 0 Å². The van der Waals surface area contributed by atoms with Crippen LogP contribution in [0.3, 0.4) is 0 Å². The number of aromatic nitrogens is 1. The average Bonchev–Trinajstić information content (AvgIpc) is 2.31. The van der Waals surface area contributed by atoms with Crippen molar-refractivity contribution >= 4 is 12.6 Å². The molecule has 0 spiro atoms. The fourth-order valence-electron chi connectivity index (χ4n) is 1.43. The van der Waals surface area contributed by atoms with E-state index in [0.29, 0.717) is 11.3 Å². The van der Waals surface area contributed by atoms with Crippen molar-refractivity contribution in [1.29, 1.82) is 5.26 Å². The minimum atomic E-state index is -0.227. The van der Waals surface area contributed by atoms with Crippen molar-refractivity contribution in [1.82, 2.24) is 4.57 Å². The van der Waals surface area contributed by atoms with Crippen molar-refractivity contribution in [2.24, 2.45) is 0 Å². The summed E-state index contributed by atoms with van der Waals surface area (Å²) in [6.45, 7) is 0. The Labute approximate surface area is 126 Å². The number of nitriles is 1. The molecule has 17 heavy (non-hydrogen) atoms. The summed E-state index contributed by atoms with van der Waals surface area (Å²) in [7, 11) is 0. The molecule has 0 bridgehead atoms. The number of pyridine rings is 1. The molecule has 0 aliphatic heterocycles. The number of benzene rings is 1. The van der Waals surface area contributed by atoms with Gasteiger partial charge in [-0.3, -0.25) is 4.79 Å². The normalized spacial score (nSPS) is 9.12. The predicted molar refractivity (Wildman–Crippen MR) is 62.4 cm³/mol. The third-order valence-corrected chi connectivity index (χ3v) is 2.58. The van der Waals surface area contributed by atoms with Gasteiger partial charge in [-0.15, -0.1) is 0 Å². The first-order chi connectivity index (χ1) is 7.74. The van der Waals surface area contributed by atoms with Crippen molar-refractivity contribution in [3.63, 3.8) is 0 Å². The van der Waals surface area contributed by atoms with Crippen LogP contribution >= 0.6 is 0 Å². The summed E-state index contributed by atoms with van der Waals surface area (Å²) in [5.74, 6) is 0. The quantitative estimate of drug-likeness (QED) is 0.463. The van der Waals surface area contributed by atoms with Crippen LogP contribution < -0.4 is 35.1 Å². The topological polar surface area (TPSA) is 45.8 Å². The van der Waals surface area contributed by atoms with E-state index in [0.717, 1.165) is 0 Å². The zero-order valence-corrected chi connectivity index (χ0v) is 12.1. The maximum atomic E-state index is 11.7. The summed E-state index contributed by atoms with van der Waals surface area (Å²) >= 11 is 5.10. The van der Waals surface area contributed by atoms with Gasteiger partial charge >= 0.3 is 29.6 Å². The van der Waals surface area contributed by atoms with E-state index in [-0.39, 0.29) is 40.1 Å². The summed E-state index contributed by atoms with van der Waals surface area (Å²) in [5, 5.41) is 9.10. The summed E-state index contributed by atoms with van der Waals surface area (Å²) in [6, 6.07) is 13.8. The third kappa shape index (κ3) is 2.76. The number of para-hydroxylation sites is 1. The molecule has 2 aromatic rings. The number of hydrogen-bond donors (Lipinski definition) is 0. The van der Waals surface area contributed by atoms with Gasteiger partial charge in [-0.2, -0.15) is 5.26 Å². The van der Waals surface area contributed by atoms with E-state index in [2.05, 4.69) is 0 Å². The Morgan fingerprint density at radius 1 is 1.12 bits per heavy atom. The molecule has 0 N–H and O–H groups in total. The van der Waals surface area contributed by atoms with Crippen LogP contribution in [0.4, 0.5) is 0 Å². The van der Waals surface area contributed by atoms with E-state index in [9.17, 15) is 4.79 Å². The molecule has 1 aromatic heterocycles. The zero-order chi connectivity index (χ0) is 11.5. The first kappa shape index (κ1) is 13.9. The largest absolute Gasteiger partial charge is 1.00 e. The Hall–Kier alpha value is -1.12. The van der Waals surface area contributed by atoms with E-state index in [1.165, 1.54) is 16.7 Å². The van der Waals surface area contributed by atoms with E-state index in [4.69, 9.17) is 17.9 Å². The molecule has 0 aliphatic carbocycles. The van der Waals surface area contributed by atoms with Crippen molar-refractivity contribution < 1.29 is 29.6 Å². The minimum absolute atomic E-state index is 0. The molecule has 0 fully saturated rings. The van der Waals surface area contributed by atoms with Crippen LogP contribution in [0.15, 0.2) is 52.3 Å². The second-order valence-corrected chi connectivity index (χ2v) is 3.56. The number of rotatable bonds is 1. The van der Waals surface area contributed by atoms with Gasteiger partial charge in [0.2, 0.25) is 0 Å². The van der Waals surface area contributed by atoms with E-state index in [1.54, 1.807) is 12.1 Å². The average molecular weight is 250 g/mol. The van der Waals surface area contributed by atoms with Crippen LogP contribution in [0.5, 0.6) is 0 Å². The van der Waals surface area contributed by atoms with Gasteiger partial charge in [0.15, 0.2) is 0 Å². The van der Waals surface area contributed by atoms with Crippen molar-refractivity contribution in [2.75, 3.05) is 0 Å². The monoisotopic (exact) mass is 250 g/mol. The molecule has 0 aliphatic rings. The molecule has 0 saturated carbocycles. The Bertz CT molecular complexity index is 617. The van der Waals surface area contributed by atoms with Crippen LogP contribution in [-0.2, 0) is 12.6 Å². The van der Waals surface area contributed by atoms with Gasteiger partial charge in [-0.05, 0) is 18.2 Å². The van der Waals surface area contributed by atoms with Crippen LogP contribution in [0, 0.1) is 11.3 Å². The molecule has 2 rings (SSSR count). The molecule has 78 valence electrons. The van der Waals surface area contributed by atoms with Crippen molar-refractivity contribution in [3.8, 4) is 11.8 Å². The fraction of sp³-hybridized carbons (Fsp3) is 0. The number of hydrogen-bond acceptors (Lipinski definition) is 3. The van der Waals surface area contributed by atoms with E-state index in [1.807, 2.05) is 24.3 Å². The maximum absolute atomic E-state index is 11.7. The Morgan fingerprint density at radius 3 is 2.35 bits per heavy atom. The van der Waals surface area contributed by atoms with Crippen LogP contribution in [0.25, 0.3) is 5.69 Å². The molecule has 1 heterocycles. The smallest absolute Gasteiger partial charge is 0.760 e. The SMILES string of the molecule is N#Cc1ccc(=O)n(-c2ccccc2)c1[S-].[Na+].